The number of carbonyl (C=O) groups excluding carboxylic acids is 1. The molecule has 1 N–H and O–H groups in total. The van der Waals surface area contributed by atoms with Gasteiger partial charge in [0.05, 0.1) is 5.92 Å². The first kappa shape index (κ1) is 16.0. The molecule has 2 heterocycles. The summed E-state index contributed by atoms with van der Waals surface area (Å²) in [6.45, 7) is 2.42. The van der Waals surface area contributed by atoms with Gasteiger partial charge in [-0.25, -0.2) is 9.97 Å². The fourth-order valence-electron chi connectivity index (χ4n) is 3.45. The molecule has 1 aliphatic carbocycles. The zero-order valence-electron chi connectivity index (χ0n) is 13.7. The van der Waals surface area contributed by atoms with Crippen molar-refractivity contribution in [2.24, 2.45) is 5.92 Å². The van der Waals surface area contributed by atoms with Crippen molar-refractivity contribution in [1.82, 2.24) is 15.3 Å². The van der Waals surface area contributed by atoms with E-state index in [0.717, 1.165) is 44.8 Å². The maximum atomic E-state index is 12.4. The Morgan fingerprint density at radius 1 is 1.26 bits per heavy atom. The van der Waals surface area contributed by atoms with Crippen LogP contribution in [0.15, 0.2) is 30.1 Å². The summed E-state index contributed by atoms with van der Waals surface area (Å²) < 4.78 is 0. The molecule has 1 aliphatic heterocycles. The molecule has 0 aromatic carbocycles. The van der Waals surface area contributed by atoms with Gasteiger partial charge >= 0.3 is 0 Å². The van der Waals surface area contributed by atoms with Crippen LogP contribution in [0, 0.1) is 5.92 Å². The van der Waals surface area contributed by atoms with Crippen LogP contribution < -0.4 is 10.2 Å². The number of anilines is 1. The van der Waals surface area contributed by atoms with Crippen molar-refractivity contribution in [3.63, 3.8) is 0 Å². The Labute approximate surface area is 138 Å². The van der Waals surface area contributed by atoms with E-state index in [1.54, 1.807) is 12.4 Å². The van der Waals surface area contributed by atoms with Gasteiger partial charge in [0.1, 0.15) is 0 Å². The quantitative estimate of drug-likeness (QED) is 0.849. The molecular weight excluding hydrogens is 288 g/mol. The Bertz CT molecular complexity index is 543. The third kappa shape index (κ3) is 4.53. The van der Waals surface area contributed by atoms with Gasteiger partial charge in [0.2, 0.25) is 11.9 Å². The zero-order valence-corrected chi connectivity index (χ0v) is 13.7. The van der Waals surface area contributed by atoms with Gasteiger partial charge in [-0.15, -0.1) is 0 Å². The second-order valence-corrected chi connectivity index (χ2v) is 6.48. The highest BCUT2D eigenvalue weighted by molar-refractivity contribution is 5.79. The third-order valence-corrected chi connectivity index (χ3v) is 4.76. The number of hydrogen-bond acceptors (Lipinski definition) is 4. The average molecular weight is 314 g/mol. The molecule has 1 atom stereocenters. The van der Waals surface area contributed by atoms with Crippen LogP contribution in [0.25, 0.3) is 0 Å². The SMILES string of the molecule is O=C(NCCC1=CCCCC1)[C@@H]1CCCN(c2ncccn2)C1. The van der Waals surface area contributed by atoms with Crippen LogP contribution in [0.2, 0.25) is 0 Å². The lowest BCUT2D eigenvalue weighted by Crippen LogP contribution is -2.43. The van der Waals surface area contributed by atoms with E-state index in [1.807, 2.05) is 6.07 Å². The summed E-state index contributed by atoms with van der Waals surface area (Å²) in [5, 5.41) is 3.12. The summed E-state index contributed by atoms with van der Waals surface area (Å²) in [7, 11) is 0. The van der Waals surface area contributed by atoms with Gasteiger partial charge in [0.15, 0.2) is 0 Å². The van der Waals surface area contributed by atoms with Gasteiger partial charge in [0.25, 0.3) is 0 Å². The van der Waals surface area contributed by atoms with Crippen LogP contribution in [0.4, 0.5) is 5.95 Å². The number of amides is 1. The highest BCUT2D eigenvalue weighted by Gasteiger charge is 2.26. The molecule has 2 aliphatic rings. The summed E-state index contributed by atoms with van der Waals surface area (Å²) in [5.41, 5.74) is 1.51. The minimum Gasteiger partial charge on any atom is -0.355 e. The Kier molecular flexibility index (Phi) is 5.61. The lowest BCUT2D eigenvalue weighted by Gasteiger charge is -2.32. The molecule has 23 heavy (non-hydrogen) atoms. The molecule has 1 fully saturated rings. The van der Waals surface area contributed by atoms with Crippen molar-refractivity contribution in [1.29, 1.82) is 0 Å². The summed E-state index contributed by atoms with van der Waals surface area (Å²) in [4.78, 5) is 23.1. The predicted molar refractivity (Wildman–Crippen MR) is 91.1 cm³/mol. The lowest BCUT2D eigenvalue weighted by molar-refractivity contribution is -0.125. The molecule has 1 saturated heterocycles. The van der Waals surface area contributed by atoms with Crippen molar-refractivity contribution in [3.8, 4) is 0 Å². The van der Waals surface area contributed by atoms with Gasteiger partial charge in [-0.2, -0.15) is 0 Å². The van der Waals surface area contributed by atoms with Gasteiger partial charge in [-0.3, -0.25) is 4.79 Å². The molecule has 0 spiro atoms. The number of rotatable bonds is 5. The molecule has 1 aromatic heterocycles. The van der Waals surface area contributed by atoms with E-state index in [-0.39, 0.29) is 11.8 Å². The van der Waals surface area contributed by atoms with Crippen LogP contribution in [0.5, 0.6) is 0 Å². The molecule has 124 valence electrons. The van der Waals surface area contributed by atoms with Gasteiger partial charge < -0.3 is 10.2 Å². The highest BCUT2D eigenvalue weighted by Crippen LogP contribution is 2.21. The Morgan fingerprint density at radius 3 is 2.91 bits per heavy atom. The van der Waals surface area contributed by atoms with Crippen LogP contribution in [0.3, 0.4) is 0 Å². The maximum Gasteiger partial charge on any atom is 0.225 e. The summed E-state index contributed by atoms with van der Waals surface area (Å²) in [6.07, 6.45) is 13.9. The van der Waals surface area contributed by atoms with E-state index in [0.29, 0.717) is 0 Å². The molecular formula is C18H26N4O. The Morgan fingerprint density at radius 2 is 2.13 bits per heavy atom. The van der Waals surface area contributed by atoms with E-state index >= 15 is 0 Å². The number of allylic oxidation sites excluding steroid dienone is 1. The van der Waals surface area contributed by atoms with Gasteiger partial charge in [-0.05, 0) is 51.0 Å². The van der Waals surface area contributed by atoms with Crippen molar-refractivity contribution in [2.75, 3.05) is 24.5 Å². The third-order valence-electron chi connectivity index (χ3n) is 4.76. The first-order valence-corrected chi connectivity index (χ1v) is 8.80. The lowest BCUT2D eigenvalue weighted by atomic mass is 9.96. The average Bonchev–Trinajstić information content (AvgIpc) is 2.63. The van der Waals surface area contributed by atoms with Crippen LogP contribution in [-0.4, -0.2) is 35.5 Å². The zero-order chi connectivity index (χ0) is 15.9. The summed E-state index contributed by atoms with van der Waals surface area (Å²) >= 11 is 0. The van der Waals surface area contributed by atoms with Gasteiger partial charge in [0, 0.05) is 32.0 Å². The van der Waals surface area contributed by atoms with Crippen LogP contribution >= 0.6 is 0 Å². The normalized spacial score (nSPS) is 21.7. The predicted octanol–water partition coefficient (Wildman–Crippen LogP) is 2.70. The summed E-state index contributed by atoms with van der Waals surface area (Å²) in [6, 6.07) is 1.82. The first-order chi connectivity index (χ1) is 11.3. The maximum absolute atomic E-state index is 12.4. The molecule has 5 nitrogen and oxygen atoms in total. The molecule has 1 aromatic rings. The number of piperidine rings is 1. The second-order valence-electron chi connectivity index (χ2n) is 6.48. The van der Waals surface area contributed by atoms with Gasteiger partial charge in [-0.1, -0.05) is 11.6 Å². The van der Waals surface area contributed by atoms with E-state index < -0.39 is 0 Å². The van der Waals surface area contributed by atoms with E-state index in [2.05, 4.69) is 26.3 Å². The standard InChI is InChI=1S/C18H26N4O/c23-17(19-12-9-15-6-2-1-3-7-15)16-8-4-13-22(14-16)18-20-10-5-11-21-18/h5-6,10-11,16H,1-4,7-9,12-14H2,(H,19,23)/t16-/m1/s1. The highest BCUT2D eigenvalue weighted by atomic mass is 16.1. The first-order valence-electron chi connectivity index (χ1n) is 8.80. The number of aromatic nitrogens is 2. The topological polar surface area (TPSA) is 58.1 Å². The number of nitrogens with zero attached hydrogens (tertiary/aromatic N) is 3. The molecule has 3 rings (SSSR count). The monoisotopic (exact) mass is 314 g/mol. The van der Waals surface area contributed by atoms with Crippen molar-refractivity contribution in [3.05, 3.63) is 30.1 Å². The molecule has 0 radical (unpaired) electrons. The number of nitrogens with one attached hydrogen (secondary N) is 1. The van der Waals surface area contributed by atoms with E-state index in [1.165, 1.54) is 31.3 Å². The van der Waals surface area contributed by atoms with Crippen molar-refractivity contribution < 1.29 is 4.79 Å². The Hall–Kier alpha value is -1.91. The minimum atomic E-state index is 0.0490. The van der Waals surface area contributed by atoms with Crippen LogP contribution in [-0.2, 0) is 4.79 Å². The molecule has 5 heteroatoms. The molecule has 0 bridgehead atoms. The minimum absolute atomic E-state index is 0.0490. The van der Waals surface area contributed by atoms with E-state index in [4.69, 9.17) is 0 Å². The summed E-state index contributed by atoms with van der Waals surface area (Å²) in [5.74, 6) is 0.965. The van der Waals surface area contributed by atoms with Crippen molar-refractivity contribution >= 4 is 11.9 Å². The van der Waals surface area contributed by atoms with Crippen LogP contribution in [0.1, 0.15) is 44.9 Å². The molecule has 0 unspecified atom stereocenters. The molecule has 0 saturated carbocycles. The number of carbonyl (C=O) groups is 1. The Balaban J connectivity index is 1.46. The largest absolute Gasteiger partial charge is 0.355 e. The fraction of sp³-hybridized carbons (Fsp3) is 0.611. The van der Waals surface area contributed by atoms with Crippen molar-refractivity contribution in [2.45, 2.75) is 44.9 Å². The van der Waals surface area contributed by atoms with E-state index in [9.17, 15) is 4.79 Å². The number of hydrogen-bond donors (Lipinski definition) is 1. The smallest absolute Gasteiger partial charge is 0.225 e. The second kappa shape index (κ2) is 8.09. The fourth-order valence-corrected chi connectivity index (χ4v) is 3.45. The molecule has 1 amide bonds.